The topological polar surface area (TPSA) is 78.9 Å². The molecule has 1 aliphatic heterocycles. The van der Waals surface area contributed by atoms with E-state index in [4.69, 9.17) is 9.97 Å². The Morgan fingerprint density at radius 1 is 1.13 bits per heavy atom. The lowest BCUT2D eigenvalue weighted by Crippen LogP contribution is -2.44. The number of hydrogen-bond acceptors (Lipinski definition) is 7. The molecule has 1 aliphatic carbocycles. The quantitative estimate of drug-likeness (QED) is 0.644. The number of nitrogens with zero attached hydrogens (tertiary/aromatic N) is 5. The zero-order chi connectivity index (χ0) is 21.4. The number of alkyl halides is 3. The van der Waals surface area contributed by atoms with Gasteiger partial charge in [0, 0.05) is 49.5 Å². The van der Waals surface area contributed by atoms with Crippen molar-refractivity contribution in [3.63, 3.8) is 0 Å². The number of rotatable bonds is 5. The Morgan fingerprint density at radius 2 is 1.94 bits per heavy atom. The summed E-state index contributed by atoms with van der Waals surface area (Å²) in [6.07, 6.45) is 3.08. The number of fused-ring (bicyclic) bond motifs is 1. The minimum absolute atomic E-state index is 0.132. The van der Waals surface area contributed by atoms with Gasteiger partial charge >= 0.3 is 6.18 Å². The van der Waals surface area contributed by atoms with Crippen LogP contribution in [0.1, 0.15) is 24.3 Å². The van der Waals surface area contributed by atoms with Gasteiger partial charge in [-0.2, -0.15) is 13.2 Å². The fraction of sp³-hybridized carbons (Fsp3) is 0.429. The molecule has 31 heavy (non-hydrogen) atoms. The molecule has 3 aromatic rings. The molecule has 2 fully saturated rings. The highest BCUT2D eigenvalue weighted by Crippen LogP contribution is 2.44. The van der Waals surface area contributed by atoms with Gasteiger partial charge in [-0.25, -0.2) is 15.0 Å². The van der Waals surface area contributed by atoms with Gasteiger partial charge in [0.2, 0.25) is 0 Å². The molecule has 0 radical (unpaired) electrons. The van der Waals surface area contributed by atoms with Gasteiger partial charge in [-0.1, -0.05) is 0 Å². The standard InChI is InChI=1S/C21H22F3N7/c22-21(23,24)12-28-17-9-14(3-4-27-17)19-29-16-11-26-10-15(13-1-2-13)18(16)20(30-19)31-7-5-25-6-8-31/h3-4,9-11,13,25H,1-2,5-8,12H2,(H,27,28). The minimum Gasteiger partial charge on any atom is -0.361 e. The van der Waals surface area contributed by atoms with E-state index in [1.165, 1.54) is 11.8 Å². The van der Waals surface area contributed by atoms with Crippen LogP contribution < -0.4 is 15.5 Å². The van der Waals surface area contributed by atoms with Crippen molar-refractivity contribution in [3.8, 4) is 11.4 Å². The molecular formula is C21H22F3N7. The van der Waals surface area contributed by atoms with Crippen molar-refractivity contribution in [2.45, 2.75) is 24.9 Å². The largest absolute Gasteiger partial charge is 0.405 e. The van der Waals surface area contributed by atoms with Gasteiger partial charge in [0.05, 0.1) is 11.7 Å². The first-order chi connectivity index (χ1) is 15.0. The molecule has 2 aliphatic rings. The predicted octanol–water partition coefficient (Wildman–Crippen LogP) is 3.35. The van der Waals surface area contributed by atoms with Crippen molar-refractivity contribution in [2.75, 3.05) is 42.9 Å². The van der Waals surface area contributed by atoms with Crippen LogP contribution >= 0.6 is 0 Å². The van der Waals surface area contributed by atoms with Crippen LogP contribution in [-0.2, 0) is 0 Å². The molecule has 7 nitrogen and oxygen atoms in total. The third-order valence-corrected chi connectivity index (χ3v) is 5.54. The van der Waals surface area contributed by atoms with E-state index in [-0.39, 0.29) is 5.82 Å². The predicted molar refractivity (Wildman–Crippen MR) is 112 cm³/mol. The van der Waals surface area contributed by atoms with E-state index < -0.39 is 12.7 Å². The number of anilines is 2. The summed E-state index contributed by atoms with van der Waals surface area (Å²) in [6, 6.07) is 3.26. The highest BCUT2D eigenvalue weighted by atomic mass is 19.4. The van der Waals surface area contributed by atoms with Gasteiger partial charge in [-0.05, 0) is 36.5 Å². The molecule has 0 aromatic carbocycles. The number of nitrogens with one attached hydrogen (secondary N) is 2. The molecule has 4 heterocycles. The third-order valence-electron chi connectivity index (χ3n) is 5.54. The zero-order valence-electron chi connectivity index (χ0n) is 16.8. The molecule has 0 bridgehead atoms. The van der Waals surface area contributed by atoms with Gasteiger partial charge < -0.3 is 15.5 Å². The summed E-state index contributed by atoms with van der Waals surface area (Å²) in [6.45, 7) is 2.24. The number of halogens is 3. The van der Waals surface area contributed by atoms with Crippen LogP contribution in [0.15, 0.2) is 30.7 Å². The van der Waals surface area contributed by atoms with Crippen molar-refractivity contribution in [1.82, 2.24) is 25.3 Å². The smallest absolute Gasteiger partial charge is 0.361 e. The van der Waals surface area contributed by atoms with Crippen LogP contribution in [0, 0.1) is 0 Å². The summed E-state index contributed by atoms with van der Waals surface area (Å²) in [7, 11) is 0. The van der Waals surface area contributed by atoms with E-state index >= 15 is 0 Å². The fourth-order valence-corrected chi connectivity index (χ4v) is 3.88. The summed E-state index contributed by atoms with van der Waals surface area (Å²) in [5.74, 6) is 1.94. The van der Waals surface area contributed by atoms with Crippen LogP contribution in [0.2, 0.25) is 0 Å². The second-order valence-electron chi connectivity index (χ2n) is 7.90. The highest BCUT2D eigenvalue weighted by Gasteiger charge is 2.29. The van der Waals surface area contributed by atoms with E-state index in [0.29, 0.717) is 17.3 Å². The number of hydrogen-bond donors (Lipinski definition) is 2. The molecule has 0 amide bonds. The Bertz CT molecular complexity index is 1090. The van der Waals surface area contributed by atoms with E-state index in [9.17, 15) is 13.2 Å². The molecule has 2 N–H and O–H groups in total. The van der Waals surface area contributed by atoms with Gasteiger partial charge in [-0.15, -0.1) is 0 Å². The van der Waals surface area contributed by atoms with Crippen molar-refractivity contribution in [2.24, 2.45) is 0 Å². The molecule has 0 spiro atoms. The normalized spacial score (nSPS) is 17.2. The van der Waals surface area contributed by atoms with Crippen LogP contribution in [0.25, 0.3) is 22.3 Å². The van der Waals surface area contributed by atoms with Crippen molar-refractivity contribution in [3.05, 3.63) is 36.3 Å². The van der Waals surface area contributed by atoms with Gasteiger partial charge in [0.1, 0.15) is 18.2 Å². The maximum Gasteiger partial charge on any atom is 0.405 e. The Hall–Kier alpha value is -3.01. The first kappa shape index (κ1) is 19.9. The number of piperazine rings is 1. The summed E-state index contributed by atoms with van der Waals surface area (Å²) in [5, 5.41) is 6.71. The second kappa shape index (κ2) is 7.92. The van der Waals surface area contributed by atoms with Crippen LogP contribution in [0.3, 0.4) is 0 Å². The average Bonchev–Trinajstić information content (AvgIpc) is 3.62. The molecule has 0 unspecified atom stereocenters. The van der Waals surface area contributed by atoms with Crippen molar-refractivity contribution in [1.29, 1.82) is 0 Å². The number of aromatic nitrogens is 4. The Balaban J connectivity index is 1.58. The van der Waals surface area contributed by atoms with Gasteiger partial charge in [0.25, 0.3) is 0 Å². The summed E-state index contributed by atoms with van der Waals surface area (Å²) < 4.78 is 37.7. The lowest BCUT2D eigenvalue weighted by Gasteiger charge is -2.30. The molecular weight excluding hydrogens is 407 g/mol. The van der Waals surface area contributed by atoms with Crippen LogP contribution in [0.4, 0.5) is 24.8 Å². The molecule has 3 aromatic heterocycles. The van der Waals surface area contributed by atoms with E-state index in [2.05, 4.69) is 25.5 Å². The number of pyridine rings is 2. The first-order valence-corrected chi connectivity index (χ1v) is 10.4. The maximum atomic E-state index is 12.6. The summed E-state index contributed by atoms with van der Waals surface area (Å²) >= 11 is 0. The van der Waals surface area contributed by atoms with Crippen molar-refractivity contribution >= 4 is 22.5 Å². The Morgan fingerprint density at radius 3 is 2.68 bits per heavy atom. The maximum absolute atomic E-state index is 12.6. The van der Waals surface area contributed by atoms with Crippen LogP contribution in [0.5, 0.6) is 0 Å². The molecule has 0 atom stereocenters. The van der Waals surface area contributed by atoms with E-state index in [1.807, 2.05) is 6.20 Å². The molecule has 1 saturated carbocycles. The van der Waals surface area contributed by atoms with E-state index in [0.717, 1.165) is 55.7 Å². The second-order valence-corrected chi connectivity index (χ2v) is 7.90. The average molecular weight is 429 g/mol. The molecule has 162 valence electrons. The summed E-state index contributed by atoms with van der Waals surface area (Å²) in [5.41, 5.74) is 2.54. The monoisotopic (exact) mass is 429 g/mol. The van der Waals surface area contributed by atoms with Crippen LogP contribution in [-0.4, -0.2) is 58.8 Å². The molecule has 10 heteroatoms. The minimum atomic E-state index is -4.32. The molecule has 1 saturated heterocycles. The van der Waals surface area contributed by atoms with Gasteiger partial charge in [-0.3, -0.25) is 4.98 Å². The third kappa shape index (κ3) is 4.39. The zero-order valence-corrected chi connectivity index (χ0v) is 16.8. The van der Waals surface area contributed by atoms with Gasteiger partial charge in [0.15, 0.2) is 5.82 Å². The molecule has 5 rings (SSSR count). The Labute approximate surface area is 177 Å². The highest BCUT2D eigenvalue weighted by molar-refractivity contribution is 5.94. The fourth-order valence-electron chi connectivity index (χ4n) is 3.88. The lowest BCUT2D eigenvalue weighted by molar-refractivity contribution is -0.115. The Kier molecular flexibility index (Phi) is 5.09. The van der Waals surface area contributed by atoms with Crippen molar-refractivity contribution < 1.29 is 13.2 Å². The summed E-state index contributed by atoms with van der Waals surface area (Å²) in [4.78, 5) is 20.3. The van der Waals surface area contributed by atoms with E-state index in [1.54, 1.807) is 18.3 Å². The SMILES string of the molecule is FC(F)(F)CNc1cc(-c2nc(N3CCNCC3)c3c(C4CC4)cncc3n2)ccn1. The first-order valence-electron chi connectivity index (χ1n) is 10.4. The lowest BCUT2D eigenvalue weighted by atomic mass is 10.1.